The molecule has 2 rings (SSSR count). The summed E-state index contributed by atoms with van der Waals surface area (Å²) in [6.45, 7) is 1.83. The van der Waals surface area contributed by atoms with Gasteiger partial charge in [0.15, 0.2) is 11.5 Å². The van der Waals surface area contributed by atoms with Crippen LogP contribution in [0.15, 0.2) is 41.3 Å². The summed E-state index contributed by atoms with van der Waals surface area (Å²) in [4.78, 5) is -0.312. The van der Waals surface area contributed by atoms with Crippen molar-refractivity contribution in [3.8, 4) is 11.5 Å². The highest BCUT2D eigenvalue weighted by Gasteiger charge is 2.22. The number of aryl methyl sites for hydroxylation is 1. The molecule has 7 heteroatoms. The van der Waals surface area contributed by atoms with Crippen LogP contribution < -0.4 is 8.92 Å². The van der Waals surface area contributed by atoms with E-state index in [0.29, 0.717) is 0 Å². The molecule has 4 nitrogen and oxygen atoms in total. The minimum Gasteiger partial charge on any atom is -0.493 e. The van der Waals surface area contributed by atoms with E-state index < -0.39 is 15.9 Å². The lowest BCUT2D eigenvalue weighted by Gasteiger charge is -2.12. The summed E-state index contributed by atoms with van der Waals surface area (Å²) in [5, 5.41) is -0.249. The first-order valence-electron chi connectivity index (χ1n) is 5.87. The summed E-state index contributed by atoms with van der Waals surface area (Å²) < 4.78 is 47.5. The Bertz CT molecular complexity index is 775. The molecule has 0 N–H and O–H groups in total. The van der Waals surface area contributed by atoms with Crippen LogP contribution in [0.1, 0.15) is 5.56 Å². The summed E-state index contributed by atoms with van der Waals surface area (Å²) in [5.74, 6) is -0.327. The van der Waals surface area contributed by atoms with Crippen LogP contribution in [0.3, 0.4) is 0 Å². The third kappa shape index (κ3) is 3.46. The lowest BCUT2D eigenvalue weighted by molar-refractivity contribution is 0.390. The van der Waals surface area contributed by atoms with E-state index in [0.717, 1.165) is 23.8 Å². The van der Waals surface area contributed by atoms with Crippen LogP contribution in [-0.2, 0) is 10.1 Å². The van der Waals surface area contributed by atoms with Crippen LogP contribution in [-0.4, -0.2) is 15.5 Å². The zero-order valence-corrected chi connectivity index (χ0v) is 12.8. The molecule has 0 atom stereocenters. The first-order valence-corrected chi connectivity index (χ1v) is 7.66. The van der Waals surface area contributed by atoms with Crippen molar-refractivity contribution in [2.45, 2.75) is 11.8 Å². The lowest BCUT2D eigenvalue weighted by Crippen LogP contribution is -2.11. The molecule has 0 aromatic heterocycles. The number of rotatable bonds is 4. The Morgan fingerprint density at radius 1 is 1.10 bits per heavy atom. The quantitative estimate of drug-likeness (QED) is 0.804. The van der Waals surface area contributed by atoms with Gasteiger partial charge in [0.1, 0.15) is 10.7 Å². The molecule has 0 saturated heterocycles. The smallest absolute Gasteiger partial charge is 0.340 e. The summed E-state index contributed by atoms with van der Waals surface area (Å²) in [6, 6.07) is 7.74. The van der Waals surface area contributed by atoms with Crippen LogP contribution in [0.25, 0.3) is 0 Å². The van der Waals surface area contributed by atoms with Gasteiger partial charge in [-0.2, -0.15) is 8.42 Å². The Morgan fingerprint density at radius 2 is 1.81 bits per heavy atom. The fourth-order valence-corrected chi connectivity index (χ4v) is 3.13. The van der Waals surface area contributed by atoms with Crippen molar-refractivity contribution in [2.24, 2.45) is 0 Å². The molecular formula is C14H12ClFO4S. The van der Waals surface area contributed by atoms with Crippen molar-refractivity contribution in [3.05, 3.63) is 52.8 Å². The van der Waals surface area contributed by atoms with Crippen molar-refractivity contribution in [2.75, 3.05) is 7.11 Å². The predicted octanol–water partition coefficient (Wildman–Crippen LogP) is 3.56. The second-order valence-electron chi connectivity index (χ2n) is 4.27. The Balaban J connectivity index is 2.42. The molecule has 2 aromatic carbocycles. The van der Waals surface area contributed by atoms with E-state index in [9.17, 15) is 12.8 Å². The molecule has 0 aliphatic heterocycles. The van der Waals surface area contributed by atoms with E-state index in [2.05, 4.69) is 0 Å². The van der Waals surface area contributed by atoms with E-state index in [1.807, 2.05) is 6.92 Å². The van der Waals surface area contributed by atoms with Crippen LogP contribution in [0, 0.1) is 12.7 Å². The van der Waals surface area contributed by atoms with Gasteiger partial charge in [-0.1, -0.05) is 17.7 Å². The maximum atomic E-state index is 13.0. The van der Waals surface area contributed by atoms with Gasteiger partial charge in [0.25, 0.3) is 0 Å². The molecule has 21 heavy (non-hydrogen) atoms. The highest BCUT2D eigenvalue weighted by atomic mass is 35.5. The fraction of sp³-hybridized carbons (Fsp3) is 0.143. The molecule has 0 aliphatic carbocycles. The number of hydrogen-bond donors (Lipinski definition) is 0. The van der Waals surface area contributed by atoms with E-state index in [4.69, 9.17) is 20.5 Å². The van der Waals surface area contributed by atoms with Crippen LogP contribution in [0.2, 0.25) is 5.02 Å². The van der Waals surface area contributed by atoms with Gasteiger partial charge in [-0.05, 0) is 42.8 Å². The second-order valence-corrected chi connectivity index (χ2v) is 6.19. The molecule has 0 unspecified atom stereocenters. The SMILES string of the molecule is COc1cc(C)ccc1OS(=O)(=O)c1ccc(F)cc1Cl. The first kappa shape index (κ1) is 15.6. The largest absolute Gasteiger partial charge is 0.493 e. The van der Waals surface area contributed by atoms with Crippen molar-refractivity contribution in [3.63, 3.8) is 0 Å². The number of halogens is 2. The molecule has 0 amide bonds. The highest BCUT2D eigenvalue weighted by Crippen LogP contribution is 2.32. The van der Waals surface area contributed by atoms with Gasteiger partial charge in [0.05, 0.1) is 12.1 Å². The van der Waals surface area contributed by atoms with Crippen molar-refractivity contribution in [1.29, 1.82) is 0 Å². The average Bonchev–Trinajstić information content (AvgIpc) is 2.40. The zero-order chi connectivity index (χ0) is 15.6. The third-order valence-corrected chi connectivity index (χ3v) is 4.40. The van der Waals surface area contributed by atoms with Crippen LogP contribution >= 0.6 is 11.6 Å². The molecule has 0 aliphatic rings. The van der Waals surface area contributed by atoms with Crippen molar-refractivity contribution < 1.29 is 21.7 Å². The van der Waals surface area contributed by atoms with Gasteiger partial charge in [-0.15, -0.1) is 0 Å². The third-order valence-electron chi connectivity index (χ3n) is 2.68. The normalized spacial score (nSPS) is 11.2. The minimum absolute atomic E-state index is 0.0310. The molecule has 0 bridgehead atoms. The van der Waals surface area contributed by atoms with Crippen molar-refractivity contribution >= 4 is 21.7 Å². The van der Waals surface area contributed by atoms with Crippen LogP contribution in [0.5, 0.6) is 11.5 Å². The lowest BCUT2D eigenvalue weighted by atomic mass is 10.2. The Labute approximate surface area is 127 Å². The molecule has 0 heterocycles. The molecule has 0 spiro atoms. The van der Waals surface area contributed by atoms with E-state index in [1.165, 1.54) is 13.2 Å². The Kier molecular flexibility index (Phi) is 4.39. The van der Waals surface area contributed by atoms with E-state index in [-0.39, 0.29) is 21.4 Å². The van der Waals surface area contributed by atoms with Gasteiger partial charge in [-0.3, -0.25) is 0 Å². The van der Waals surface area contributed by atoms with E-state index in [1.54, 1.807) is 12.1 Å². The van der Waals surface area contributed by atoms with Gasteiger partial charge in [-0.25, -0.2) is 4.39 Å². The zero-order valence-electron chi connectivity index (χ0n) is 11.3. The summed E-state index contributed by atoms with van der Waals surface area (Å²) >= 11 is 5.75. The van der Waals surface area contributed by atoms with Gasteiger partial charge < -0.3 is 8.92 Å². The van der Waals surface area contributed by atoms with Gasteiger partial charge in [0, 0.05) is 0 Å². The molecule has 0 saturated carbocycles. The van der Waals surface area contributed by atoms with Gasteiger partial charge in [0.2, 0.25) is 0 Å². The number of ether oxygens (including phenoxy) is 1. The molecule has 112 valence electrons. The Morgan fingerprint density at radius 3 is 2.43 bits per heavy atom. The monoisotopic (exact) mass is 330 g/mol. The summed E-state index contributed by atoms with van der Waals surface area (Å²) in [5.41, 5.74) is 0.886. The average molecular weight is 331 g/mol. The number of benzene rings is 2. The Hall–Kier alpha value is -1.79. The maximum Gasteiger partial charge on any atom is 0.340 e. The first-order chi connectivity index (χ1) is 9.83. The predicted molar refractivity (Wildman–Crippen MR) is 77.0 cm³/mol. The number of methoxy groups -OCH3 is 1. The van der Waals surface area contributed by atoms with E-state index >= 15 is 0 Å². The minimum atomic E-state index is -4.18. The molecule has 0 fully saturated rings. The maximum absolute atomic E-state index is 13.0. The standard InChI is InChI=1S/C14H12ClFO4S/c1-9-3-5-12(13(7-9)19-2)20-21(17,18)14-6-4-10(16)8-11(14)15/h3-8H,1-2H3. The van der Waals surface area contributed by atoms with Crippen molar-refractivity contribution in [1.82, 2.24) is 0 Å². The summed E-state index contributed by atoms with van der Waals surface area (Å²) in [7, 11) is -2.78. The molecular weight excluding hydrogens is 319 g/mol. The number of hydrogen-bond acceptors (Lipinski definition) is 4. The topological polar surface area (TPSA) is 52.6 Å². The molecule has 2 aromatic rings. The second kappa shape index (κ2) is 5.91. The summed E-state index contributed by atoms with van der Waals surface area (Å²) in [6.07, 6.45) is 0. The van der Waals surface area contributed by atoms with Gasteiger partial charge >= 0.3 is 10.1 Å². The van der Waals surface area contributed by atoms with Crippen LogP contribution in [0.4, 0.5) is 4.39 Å². The molecule has 0 radical (unpaired) electrons. The highest BCUT2D eigenvalue weighted by molar-refractivity contribution is 7.87. The fourth-order valence-electron chi connectivity index (χ4n) is 1.68.